The molecule has 0 amide bonds. The number of nitrogens with zero attached hydrogens (tertiary/aromatic N) is 1. The highest BCUT2D eigenvalue weighted by molar-refractivity contribution is 5.97. The van der Waals surface area contributed by atoms with Gasteiger partial charge in [0.1, 0.15) is 0 Å². The number of hydrogen-bond donors (Lipinski definition) is 2. The maximum atomic E-state index is 5.32. The Balaban J connectivity index is 0.00000230. The topological polar surface area (TPSA) is 64.3 Å². The van der Waals surface area contributed by atoms with Crippen molar-refractivity contribution in [3.63, 3.8) is 0 Å². The van der Waals surface area contributed by atoms with Crippen molar-refractivity contribution in [1.82, 2.24) is 6.15 Å². The summed E-state index contributed by atoms with van der Waals surface area (Å²) < 4.78 is 0. The minimum atomic E-state index is 0. The van der Waals surface area contributed by atoms with Gasteiger partial charge >= 0.3 is 0 Å². The summed E-state index contributed by atoms with van der Waals surface area (Å²) in [7, 11) is 1.50. The Hall–Kier alpha value is -6.02. The Morgan fingerprint density at radius 1 is 0.889 bits per heavy atom. The maximum absolute atomic E-state index is 5.32. The molecule has 45 heavy (non-hydrogen) atoms. The normalized spacial score (nSPS) is 15.0. The van der Waals surface area contributed by atoms with Crippen molar-refractivity contribution >= 4 is 22.5 Å². The summed E-state index contributed by atoms with van der Waals surface area (Å²) in [6, 6.07) is 24.3. The number of terminal acetylenes is 1. The van der Waals surface area contributed by atoms with E-state index in [4.69, 9.17) is 6.42 Å². The number of rotatable bonds is 5. The van der Waals surface area contributed by atoms with E-state index in [1.807, 2.05) is 60.6 Å². The molecule has 1 aliphatic rings. The molecular formula is C42H39N3. The van der Waals surface area contributed by atoms with Crippen LogP contribution in [-0.2, 0) is 0 Å². The first-order chi connectivity index (χ1) is 21.4. The fourth-order valence-electron chi connectivity index (χ4n) is 4.37. The number of nitrogens with two attached hydrogens (primary N) is 1. The van der Waals surface area contributed by atoms with Gasteiger partial charge in [0.25, 0.3) is 0 Å². The van der Waals surface area contributed by atoms with E-state index in [0.717, 1.165) is 50.2 Å². The quantitative estimate of drug-likeness (QED) is 0.232. The molecule has 0 spiro atoms. The average molecular weight is 586 g/mol. The van der Waals surface area contributed by atoms with Crippen molar-refractivity contribution < 1.29 is 0 Å². The summed E-state index contributed by atoms with van der Waals surface area (Å²) in [5, 5.41) is 2.38. The number of fused-ring (bicyclic) bond motifs is 2. The lowest BCUT2D eigenvalue weighted by Gasteiger charge is -2.18. The van der Waals surface area contributed by atoms with Crippen LogP contribution in [0.2, 0.25) is 0 Å². The Kier molecular flexibility index (Phi) is 13.9. The molecule has 5 N–H and O–H groups in total. The highest BCUT2D eigenvalue weighted by Crippen LogP contribution is 2.34. The number of hydrogen-bond acceptors (Lipinski definition) is 3. The van der Waals surface area contributed by atoms with E-state index in [-0.39, 0.29) is 6.15 Å². The van der Waals surface area contributed by atoms with Gasteiger partial charge in [-0.3, -0.25) is 4.90 Å². The molecule has 0 bridgehead atoms. The SMILES string of the molecule is C#CC#CC#CN1/C=C(/C=C/C(=C)/C(C)=C/C=C)\C=C/C(=C)C(=C)/C=C\c2cc(-c3cccc4ccccc34)ccc21.CN.N. The molecule has 0 fully saturated rings. The largest absolute Gasteiger partial charge is 0.344 e. The molecule has 0 aliphatic carbocycles. The van der Waals surface area contributed by atoms with Crippen molar-refractivity contribution in [3.05, 3.63) is 169 Å². The summed E-state index contributed by atoms with van der Waals surface area (Å²) in [4.78, 5) is 1.87. The predicted molar refractivity (Wildman–Crippen MR) is 198 cm³/mol. The zero-order chi connectivity index (χ0) is 31.9. The second-order valence-corrected chi connectivity index (χ2v) is 9.59. The van der Waals surface area contributed by atoms with E-state index in [0.29, 0.717) is 0 Å². The van der Waals surface area contributed by atoms with Gasteiger partial charge in [0.05, 0.1) is 5.69 Å². The van der Waals surface area contributed by atoms with Crippen molar-refractivity contribution in [2.45, 2.75) is 6.92 Å². The third-order valence-electron chi connectivity index (χ3n) is 6.74. The molecule has 3 nitrogen and oxygen atoms in total. The smallest absolute Gasteiger partial charge is 0.0611 e. The standard InChI is InChI=1S/C41H31N.CH5N.H3N/c1-7-9-10-13-28-42-30-35(23-20-32(4)31(3)15-8-2)24-21-33(5)34(6)22-25-38-29-37(26-27-41(38)42)40-19-14-17-36-16-11-12-18-39(36)40;1-2;/h1,8,11-12,14-27,29-30H,2,4-6H2,3H3;2H2,1H3;1H3/b23-20+,24-21-,25-22-,31-15+,35-30-;;. The summed E-state index contributed by atoms with van der Waals surface area (Å²) >= 11 is 0. The highest BCUT2D eigenvalue weighted by Gasteiger charge is 2.12. The van der Waals surface area contributed by atoms with Crippen LogP contribution >= 0.6 is 0 Å². The molecular weight excluding hydrogens is 546 g/mol. The Morgan fingerprint density at radius 2 is 1.60 bits per heavy atom. The van der Waals surface area contributed by atoms with Crippen LogP contribution in [0.4, 0.5) is 5.69 Å². The van der Waals surface area contributed by atoms with Crippen molar-refractivity contribution in [3.8, 4) is 47.3 Å². The van der Waals surface area contributed by atoms with Gasteiger partial charge in [-0.2, -0.15) is 0 Å². The average Bonchev–Trinajstić information content (AvgIpc) is 3.07. The van der Waals surface area contributed by atoms with Crippen LogP contribution in [0.15, 0.2) is 164 Å². The van der Waals surface area contributed by atoms with Crippen LogP contribution in [-0.4, -0.2) is 7.05 Å². The first-order valence-electron chi connectivity index (χ1n) is 14.0. The summed E-state index contributed by atoms with van der Waals surface area (Å²) in [6.07, 6.45) is 22.9. The lowest BCUT2D eigenvalue weighted by atomic mass is 9.95. The number of allylic oxidation sites excluding steroid dienone is 12. The zero-order valence-electron chi connectivity index (χ0n) is 26.1. The fraction of sp³-hybridized carbons (Fsp3) is 0.0476. The first kappa shape index (κ1) is 35.2. The lowest BCUT2D eigenvalue weighted by molar-refractivity contribution is 1.30. The van der Waals surface area contributed by atoms with Crippen LogP contribution in [0.1, 0.15) is 12.5 Å². The van der Waals surface area contributed by atoms with Gasteiger partial charge < -0.3 is 11.9 Å². The minimum Gasteiger partial charge on any atom is -0.344 e. The molecule has 222 valence electrons. The van der Waals surface area contributed by atoms with Gasteiger partial charge in [0.15, 0.2) is 0 Å². The molecule has 0 unspecified atom stereocenters. The van der Waals surface area contributed by atoms with Crippen molar-refractivity contribution in [2.24, 2.45) is 5.73 Å². The molecule has 1 heterocycles. The molecule has 0 saturated heterocycles. The predicted octanol–water partition coefficient (Wildman–Crippen LogP) is 9.47. The van der Waals surface area contributed by atoms with Crippen molar-refractivity contribution in [2.75, 3.05) is 11.9 Å². The van der Waals surface area contributed by atoms with E-state index in [1.165, 1.54) is 17.8 Å². The summed E-state index contributed by atoms with van der Waals surface area (Å²) in [5.41, 5.74) is 13.0. The number of benzene rings is 3. The van der Waals surface area contributed by atoms with Gasteiger partial charge in [-0.15, -0.1) is 6.42 Å². The van der Waals surface area contributed by atoms with E-state index >= 15 is 0 Å². The Morgan fingerprint density at radius 3 is 2.33 bits per heavy atom. The van der Waals surface area contributed by atoms with E-state index in [2.05, 4.69) is 122 Å². The monoisotopic (exact) mass is 585 g/mol. The van der Waals surface area contributed by atoms with Gasteiger partial charge in [-0.25, -0.2) is 0 Å². The lowest BCUT2D eigenvalue weighted by Crippen LogP contribution is -2.10. The van der Waals surface area contributed by atoms with E-state index < -0.39 is 0 Å². The molecule has 0 atom stereocenters. The molecule has 4 rings (SSSR count). The molecule has 0 radical (unpaired) electrons. The van der Waals surface area contributed by atoms with Crippen LogP contribution < -0.4 is 16.8 Å². The van der Waals surface area contributed by atoms with Crippen LogP contribution in [0.5, 0.6) is 0 Å². The second kappa shape index (κ2) is 17.8. The van der Waals surface area contributed by atoms with Crippen LogP contribution in [0.25, 0.3) is 28.0 Å². The van der Waals surface area contributed by atoms with Crippen molar-refractivity contribution in [1.29, 1.82) is 0 Å². The summed E-state index contributed by atoms with van der Waals surface area (Å²) in [5.74, 6) is 10.5. The molecule has 3 aromatic carbocycles. The van der Waals surface area contributed by atoms with Crippen LogP contribution in [0, 0.1) is 36.1 Å². The highest BCUT2D eigenvalue weighted by atomic mass is 15.1. The molecule has 0 aromatic heterocycles. The number of anilines is 1. The Bertz CT molecular complexity index is 1920. The molecule has 1 aliphatic heterocycles. The molecule has 0 saturated carbocycles. The van der Waals surface area contributed by atoms with Gasteiger partial charge in [0, 0.05) is 24.1 Å². The molecule has 3 aromatic rings. The third kappa shape index (κ3) is 9.49. The van der Waals surface area contributed by atoms with Crippen LogP contribution in [0.3, 0.4) is 0 Å². The zero-order valence-corrected chi connectivity index (χ0v) is 26.1. The Labute approximate surface area is 269 Å². The van der Waals surface area contributed by atoms with Gasteiger partial charge in [0.2, 0.25) is 0 Å². The first-order valence-corrected chi connectivity index (χ1v) is 14.0. The molecule has 3 heteroatoms. The second-order valence-electron chi connectivity index (χ2n) is 9.59. The minimum absolute atomic E-state index is 0. The third-order valence-corrected chi connectivity index (χ3v) is 6.74. The van der Waals surface area contributed by atoms with Gasteiger partial charge in [-0.05, 0) is 93.3 Å². The fourth-order valence-corrected chi connectivity index (χ4v) is 4.37. The van der Waals surface area contributed by atoms with E-state index in [1.54, 1.807) is 6.08 Å². The van der Waals surface area contributed by atoms with Gasteiger partial charge in [-0.1, -0.05) is 123 Å². The maximum Gasteiger partial charge on any atom is 0.0611 e. The summed E-state index contributed by atoms with van der Waals surface area (Å²) in [6.45, 7) is 18.4. The van der Waals surface area contributed by atoms with E-state index in [9.17, 15) is 0 Å².